The number of hydrogen-bond acceptors (Lipinski definition) is 2. The van der Waals surface area contributed by atoms with Gasteiger partial charge >= 0.3 is 0 Å². The number of rotatable bonds is 3. The molecule has 0 bridgehead atoms. The van der Waals surface area contributed by atoms with Crippen molar-refractivity contribution in [3.63, 3.8) is 0 Å². The topological polar surface area (TPSA) is 15.3 Å². The molecule has 2 aliphatic heterocycles. The summed E-state index contributed by atoms with van der Waals surface area (Å²) < 4.78 is 0. The van der Waals surface area contributed by atoms with Crippen molar-refractivity contribution >= 4 is 0 Å². The van der Waals surface area contributed by atoms with Gasteiger partial charge < -0.3 is 10.2 Å². The predicted octanol–water partition coefficient (Wildman–Crippen LogP) is 1.38. The van der Waals surface area contributed by atoms with Crippen LogP contribution in [0.4, 0.5) is 0 Å². The Labute approximate surface area is 97.6 Å². The first-order valence-corrected chi connectivity index (χ1v) is 6.39. The molecule has 2 heteroatoms. The Kier molecular flexibility index (Phi) is 2.94. The van der Waals surface area contributed by atoms with E-state index in [4.69, 9.17) is 0 Å². The lowest BCUT2D eigenvalue weighted by atomic mass is 10.0. The minimum Gasteiger partial charge on any atom is -0.316 e. The van der Waals surface area contributed by atoms with Crippen LogP contribution in [0.5, 0.6) is 0 Å². The van der Waals surface area contributed by atoms with Gasteiger partial charge in [0.2, 0.25) is 0 Å². The van der Waals surface area contributed by atoms with Crippen LogP contribution in [0, 0.1) is 11.8 Å². The fraction of sp³-hybridized carbons (Fsp3) is 0.571. The molecule has 1 N–H and O–H groups in total. The van der Waals surface area contributed by atoms with Gasteiger partial charge in [0.1, 0.15) is 0 Å². The zero-order valence-electron chi connectivity index (χ0n) is 9.73. The molecular weight excluding hydrogens is 196 g/mol. The molecule has 3 rings (SSSR count). The van der Waals surface area contributed by atoms with Gasteiger partial charge in [0, 0.05) is 19.6 Å². The summed E-state index contributed by atoms with van der Waals surface area (Å²) in [5.41, 5.74) is 1.47. The van der Waals surface area contributed by atoms with Crippen molar-refractivity contribution in [1.82, 2.24) is 10.2 Å². The van der Waals surface area contributed by atoms with Crippen LogP contribution in [0.3, 0.4) is 0 Å². The van der Waals surface area contributed by atoms with E-state index >= 15 is 0 Å². The Morgan fingerprint density at radius 2 is 1.75 bits per heavy atom. The third-order valence-electron chi connectivity index (χ3n) is 4.02. The summed E-state index contributed by atoms with van der Waals surface area (Å²) in [7, 11) is 0. The second kappa shape index (κ2) is 4.56. The molecule has 16 heavy (non-hydrogen) atoms. The average Bonchev–Trinajstić information content (AvgIpc) is 2.88. The molecule has 2 unspecified atom stereocenters. The summed E-state index contributed by atoms with van der Waals surface area (Å²) in [6.07, 6.45) is 1.20. The number of benzene rings is 1. The van der Waals surface area contributed by atoms with Crippen LogP contribution in [0.25, 0.3) is 0 Å². The monoisotopic (exact) mass is 216 g/mol. The standard InChI is InChI=1S/C14H20N2/c1-2-4-12(5-3-1)6-7-16-10-13-8-15-9-14(13)11-16/h1-5,13-15H,6-11H2. The van der Waals surface area contributed by atoms with Gasteiger partial charge in [0.05, 0.1) is 0 Å². The molecule has 86 valence electrons. The Hall–Kier alpha value is -0.860. The highest BCUT2D eigenvalue weighted by Gasteiger charge is 2.35. The van der Waals surface area contributed by atoms with Crippen molar-refractivity contribution in [1.29, 1.82) is 0 Å². The molecule has 0 aliphatic carbocycles. The van der Waals surface area contributed by atoms with Gasteiger partial charge in [-0.1, -0.05) is 30.3 Å². The quantitative estimate of drug-likeness (QED) is 0.821. The lowest BCUT2D eigenvalue weighted by Gasteiger charge is -2.16. The summed E-state index contributed by atoms with van der Waals surface area (Å²) in [6.45, 7) is 6.34. The molecule has 0 amide bonds. The van der Waals surface area contributed by atoms with Crippen LogP contribution < -0.4 is 5.32 Å². The largest absolute Gasteiger partial charge is 0.316 e. The van der Waals surface area contributed by atoms with E-state index in [1.807, 2.05) is 0 Å². The minimum atomic E-state index is 0.927. The van der Waals surface area contributed by atoms with E-state index in [-0.39, 0.29) is 0 Å². The van der Waals surface area contributed by atoms with E-state index in [1.165, 1.54) is 44.7 Å². The Bertz CT molecular complexity index is 324. The van der Waals surface area contributed by atoms with Crippen LogP contribution in [0.1, 0.15) is 5.56 Å². The molecule has 1 aromatic carbocycles. The highest BCUT2D eigenvalue weighted by molar-refractivity contribution is 5.15. The molecule has 0 aromatic heterocycles. The Morgan fingerprint density at radius 1 is 1.06 bits per heavy atom. The molecule has 2 aliphatic rings. The first-order chi connectivity index (χ1) is 7.92. The van der Waals surface area contributed by atoms with Gasteiger partial charge in [-0.25, -0.2) is 0 Å². The number of fused-ring (bicyclic) bond motifs is 1. The molecule has 2 saturated heterocycles. The number of likely N-dealkylation sites (tertiary alicyclic amines) is 1. The van der Waals surface area contributed by atoms with Gasteiger partial charge in [-0.3, -0.25) is 0 Å². The van der Waals surface area contributed by atoms with Crippen LogP contribution >= 0.6 is 0 Å². The van der Waals surface area contributed by atoms with Gasteiger partial charge in [-0.2, -0.15) is 0 Å². The maximum absolute atomic E-state index is 3.49. The minimum absolute atomic E-state index is 0.927. The highest BCUT2D eigenvalue weighted by atomic mass is 15.2. The lowest BCUT2D eigenvalue weighted by Crippen LogP contribution is -2.27. The van der Waals surface area contributed by atoms with Gasteiger partial charge in [-0.05, 0) is 36.9 Å². The van der Waals surface area contributed by atoms with Crippen LogP contribution in [-0.2, 0) is 6.42 Å². The van der Waals surface area contributed by atoms with Gasteiger partial charge in [-0.15, -0.1) is 0 Å². The maximum Gasteiger partial charge on any atom is 0.00257 e. The lowest BCUT2D eigenvalue weighted by molar-refractivity contribution is 0.317. The second-order valence-electron chi connectivity index (χ2n) is 5.17. The number of nitrogens with zero attached hydrogens (tertiary/aromatic N) is 1. The normalized spacial score (nSPS) is 29.5. The summed E-state index contributed by atoms with van der Waals surface area (Å²) in [5.74, 6) is 1.85. The van der Waals surface area contributed by atoms with E-state index in [2.05, 4.69) is 40.5 Å². The first-order valence-electron chi connectivity index (χ1n) is 6.39. The van der Waals surface area contributed by atoms with Crippen molar-refractivity contribution in [2.24, 2.45) is 11.8 Å². The molecule has 1 aromatic rings. The molecule has 2 fully saturated rings. The molecule has 2 atom stereocenters. The summed E-state index contributed by atoms with van der Waals surface area (Å²) in [4.78, 5) is 2.64. The molecule has 0 saturated carbocycles. The summed E-state index contributed by atoms with van der Waals surface area (Å²) in [6, 6.07) is 10.8. The predicted molar refractivity (Wildman–Crippen MR) is 66.4 cm³/mol. The van der Waals surface area contributed by atoms with Gasteiger partial charge in [0.15, 0.2) is 0 Å². The van der Waals surface area contributed by atoms with Crippen molar-refractivity contribution < 1.29 is 0 Å². The summed E-state index contributed by atoms with van der Waals surface area (Å²) in [5, 5.41) is 3.49. The third kappa shape index (κ3) is 2.13. The van der Waals surface area contributed by atoms with E-state index in [0.29, 0.717) is 0 Å². The number of nitrogens with one attached hydrogen (secondary N) is 1. The Morgan fingerprint density at radius 3 is 2.44 bits per heavy atom. The average molecular weight is 216 g/mol. The van der Waals surface area contributed by atoms with Crippen molar-refractivity contribution in [3.05, 3.63) is 35.9 Å². The van der Waals surface area contributed by atoms with Crippen LogP contribution in [0.15, 0.2) is 30.3 Å². The highest BCUT2D eigenvalue weighted by Crippen LogP contribution is 2.26. The van der Waals surface area contributed by atoms with E-state index in [9.17, 15) is 0 Å². The molecule has 0 spiro atoms. The summed E-state index contributed by atoms with van der Waals surface area (Å²) >= 11 is 0. The maximum atomic E-state index is 3.49. The molecule has 2 heterocycles. The Balaban J connectivity index is 1.50. The second-order valence-corrected chi connectivity index (χ2v) is 5.17. The smallest absolute Gasteiger partial charge is 0.00257 e. The van der Waals surface area contributed by atoms with E-state index in [1.54, 1.807) is 0 Å². The van der Waals surface area contributed by atoms with Gasteiger partial charge in [0.25, 0.3) is 0 Å². The van der Waals surface area contributed by atoms with Crippen LogP contribution in [0.2, 0.25) is 0 Å². The number of hydrogen-bond donors (Lipinski definition) is 1. The van der Waals surface area contributed by atoms with E-state index in [0.717, 1.165) is 11.8 Å². The molecule has 2 nitrogen and oxygen atoms in total. The third-order valence-corrected chi connectivity index (χ3v) is 4.02. The zero-order valence-corrected chi connectivity index (χ0v) is 9.73. The molecule has 0 radical (unpaired) electrons. The SMILES string of the molecule is c1ccc(CCN2CC3CNCC3C2)cc1. The fourth-order valence-corrected chi connectivity index (χ4v) is 3.07. The van der Waals surface area contributed by atoms with Crippen molar-refractivity contribution in [2.75, 3.05) is 32.7 Å². The van der Waals surface area contributed by atoms with Crippen molar-refractivity contribution in [2.45, 2.75) is 6.42 Å². The zero-order chi connectivity index (χ0) is 10.8. The van der Waals surface area contributed by atoms with Crippen LogP contribution in [-0.4, -0.2) is 37.6 Å². The fourth-order valence-electron chi connectivity index (χ4n) is 3.07. The first kappa shape index (κ1) is 10.3. The molecular formula is C14H20N2. The van der Waals surface area contributed by atoms with Crippen molar-refractivity contribution in [3.8, 4) is 0 Å². The van der Waals surface area contributed by atoms with E-state index < -0.39 is 0 Å².